The van der Waals surface area contributed by atoms with Crippen LogP contribution < -0.4 is 51.4 Å². The molecule has 0 bridgehead atoms. The maximum absolute atomic E-state index is 11.8. The molecule has 3 nitrogen and oxygen atoms in total. The third-order valence-electron chi connectivity index (χ3n) is 3.42. The maximum atomic E-state index is 11.8. The molecule has 1 aromatic carbocycles. The summed E-state index contributed by atoms with van der Waals surface area (Å²) >= 11 is 0. The largest absolute Gasteiger partial charge is 1.00 e. The normalized spacial score (nSPS) is 11.3. The number of nitrogens with zero attached hydrogens (tertiary/aromatic N) is 2. The van der Waals surface area contributed by atoms with E-state index in [2.05, 4.69) is 28.2 Å². The number of fused-ring (bicyclic) bond motifs is 1. The molecule has 0 radical (unpaired) electrons. The van der Waals surface area contributed by atoms with Crippen molar-refractivity contribution in [3.05, 3.63) is 41.3 Å². The van der Waals surface area contributed by atoms with Crippen molar-refractivity contribution in [2.24, 2.45) is 7.05 Å². The van der Waals surface area contributed by atoms with Crippen LogP contribution in [0.3, 0.4) is 0 Å². The minimum atomic E-state index is -0.208. The second kappa shape index (κ2) is 10.7. The fraction of sp³-hybridized carbons (Fsp3) is 0.471. The monoisotopic (exact) mass is 312 g/mol. The molecule has 21 heavy (non-hydrogen) atoms. The van der Waals surface area contributed by atoms with Crippen LogP contribution in [-0.2, 0) is 18.3 Å². The number of aromatic nitrogens is 1. The SMILES string of the molecule is CC.CCC(=O)C(Cc1cn(C)c2ccccc12)[N-]C.[K+]. The number of carbonyl (C=O) groups excluding carboxylic acids is 1. The third-order valence-corrected chi connectivity index (χ3v) is 3.42. The Morgan fingerprint density at radius 1 is 1.29 bits per heavy atom. The molecule has 0 N–H and O–H groups in total. The summed E-state index contributed by atoms with van der Waals surface area (Å²) in [5.41, 5.74) is 2.40. The second-order valence-corrected chi connectivity index (χ2v) is 4.58. The van der Waals surface area contributed by atoms with Crippen molar-refractivity contribution in [3.8, 4) is 0 Å². The molecule has 2 rings (SSSR count). The average molecular weight is 312 g/mol. The van der Waals surface area contributed by atoms with Crippen molar-refractivity contribution in [3.63, 3.8) is 0 Å². The Hall–Kier alpha value is 0.0264. The number of rotatable bonds is 5. The van der Waals surface area contributed by atoms with Crippen LogP contribution in [0.5, 0.6) is 0 Å². The number of hydrogen-bond acceptors (Lipinski definition) is 1. The Balaban J connectivity index is 0.00000128. The standard InChI is InChI=1S/C15H19N2O.C2H6.K/c1-4-15(18)13(16-2)9-11-10-17(3)14-8-6-5-7-12(11)14;1-2;/h5-8,10,13H,4,9H2,1-3H3;1-2H3;/q-1;;+1. The maximum Gasteiger partial charge on any atom is 1.00 e. The number of carbonyl (C=O) groups is 1. The topological polar surface area (TPSA) is 36.1 Å². The molecule has 0 spiro atoms. The smallest absolute Gasteiger partial charge is 0.656 e. The van der Waals surface area contributed by atoms with Gasteiger partial charge < -0.3 is 14.7 Å². The molecule has 0 amide bonds. The molecule has 0 aliphatic carbocycles. The van der Waals surface area contributed by atoms with E-state index >= 15 is 0 Å². The summed E-state index contributed by atoms with van der Waals surface area (Å²) in [7, 11) is 3.76. The van der Waals surface area contributed by atoms with E-state index in [0.717, 1.165) is 0 Å². The molecule has 1 aromatic heterocycles. The molecular weight excluding hydrogens is 287 g/mol. The van der Waals surface area contributed by atoms with Gasteiger partial charge in [0.25, 0.3) is 0 Å². The van der Waals surface area contributed by atoms with Gasteiger partial charge in [-0.2, -0.15) is 7.05 Å². The molecule has 0 aliphatic rings. The van der Waals surface area contributed by atoms with E-state index in [0.29, 0.717) is 12.8 Å². The fourth-order valence-electron chi connectivity index (χ4n) is 2.38. The predicted molar refractivity (Wildman–Crippen MR) is 86.3 cm³/mol. The molecule has 1 heterocycles. The number of benzene rings is 1. The van der Waals surface area contributed by atoms with E-state index in [-0.39, 0.29) is 63.2 Å². The molecule has 0 saturated heterocycles. The first-order valence-electron chi connectivity index (χ1n) is 7.32. The first-order valence-corrected chi connectivity index (χ1v) is 7.32. The molecule has 0 saturated carbocycles. The number of ketones is 1. The summed E-state index contributed by atoms with van der Waals surface area (Å²) in [5, 5.41) is 5.43. The molecule has 0 fully saturated rings. The van der Waals surface area contributed by atoms with Gasteiger partial charge in [-0.1, -0.05) is 45.0 Å². The number of aryl methyl sites for hydroxylation is 1. The second-order valence-electron chi connectivity index (χ2n) is 4.58. The summed E-state index contributed by atoms with van der Waals surface area (Å²) < 4.78 is 2.10. The van der Waals surface area contributed by atoms with Crippen LogP contribution >= 0.6 is 0 Å². The van der Waals surface area contributed by atoms with Gasteiger partial charge in [-0.25, -0.2) is 0 Å². The average Bonchev–Trinajstić information content (AvgIpc) is 2.83. The predicted octanol–water partition coefficient (Wildman–Crippen LogP) is 1.10. The van der Waals surface area contributed by atoms with Crippen molar-refractivity contribution >= 4 is 16.7 Å². The number of likely N-dealkylation sites (N-methyl/N-ethyl adjacent to an activating group) is 1. The van der Waals surface area contributed by atoms with E-state index in [9.17, 15) is 4.79 Å². The van der Waals surface area contributed by atoms with Crippen LogP contribution in [0.15, 0.2) is 30.5 Å². The first-order chi connectivity index (χ1) is 9.67. The quantitative estimate of drug-likeness (QED) is 0.762. The van der Waals surface area contributed by atoms with Crippen LogP contribution in [0.25, 0.3) is 16.2 Å². The first kappa shape index (κ1) is 21.0. The zero-order valence-corrected chi connectivity index (χ0v) is 17.3. The van der Waals surface area contributed by atoms with Crippen LogP contribution in [0.2, 0.25) is 0 Å². The van der Waals surface area contributed by atoms with Gasteiger partial charge in [0.2, 0.25) is 0 Å². The summed E-state index contributed by atoms with van der Waals surface area (Å²) in [6, 6.07) is 8.06. The Morgan fingerprint density at radius 3 is 2.48 bits per heavy atom. The molecule has 2 aromatic rings. The third kappa shape index (κ3) is 5.30. The van der Waals surface area contributed by atoms with Crippen molar-refractivity contribution in [1.82, 2.24) is 4.57 Å². The molecular formula is C17H25KN2O. The summed E-state index contributed by atoms with van der Waals surface area (Å²) in [6.07, 6.45) is 3.35. The Morgan fingerprint density at radius 2 is 1.90 bits per heavy atom. The van der Waals surface area contributed by atoms with E-state index in [4.69, 9.17) is 0 Å². The van der Waals surface area contributed by atoms with Crippen LogP contribution in [0.1, 0.15) is 32.8 Å². The van der Waals surface area contributed by atoms with Gasteiger partial charge >= 0.3 is 51.4 Å². The fourth-order valence-corrected chi connectivity index (χ4v) is 2.38. The van der Waals surface area contributed by atoms with Crippen LogP contribution in [0, 0.1) is 0 Å². The number of para-hydroxylation sites is 1. The molecule has 110 valence electrons. The Bertz CT molecular complexity index is 563. The zero-order valence-electron chi connectivity index (χ0n) is 14.2. The van der Waals surface area contributed by atoms with Crippen molar-refractivity contribution < 1.29 is 56.2 Å². The minimum Gasteiger partial charge on any atom is -0.656 e. The van der Waals surface area contributed by atoms with Gasteiger partial charge in [0.15, 0.2) is 0 Å². The van der Waals surface area contributed by atoms with Crippen molar-refractivity contribution in [2.75, 3.05) is 7.05 Å². The van der Waals surface area contributed by atoms with Crippen LogP contribution in [-0.4, -0.2) is 23.4 Å². The van der Waals surface area contributed by atoms with Crippen molar-refractivity contribution in [1.29, 1.82) is 0 Å². The van der Waals surface area contributed by atoms with Crippen molar-refractivity contribution in [2.45, 2.75) is 39.7 Å². The number of hydrogen-bond donors (Lipinski definition) is 0. The molecule has 1 unspecified atom stereocenters. The molecule has 4 heteroatoms. The van der Waals surface area contributed by atoms with E-state index < -0.39 is 0 Å². The van der Waals surface area contributed by atoms with Gasteiger partial charge in [-0.05, 0) is 18.1 Å². The van der Waals surface area contributed by atoms with Gasteiger partial charge in [-0.15, -0.1) is 0 Å². The zero-order chi connectivity index (χ0) is 15.1. The summed E-state index contributed by atoms with van der Waals surface area (Å²) in [4.78, 5) is 11.8. The van der Waals surface area contributed by atoms with Gasteiger partial charge in [0.05, 0.1) is 0 Å². The van der Waals surface area contributed by atoms with Gasteiger partial charge in [0.1, 0.15) is 5.78 Å². The van der Waals surface area contributed by atoms with Crippen LogP contribution in [0.4, 0.5) is 0 Å². The molecule has 1 atom stereocenters. The van der Waals surface area contributed by atoms with E-state index in [1.807, 2.05) is 40.0 Å². The van der Waals surface area contributed by atoms with E-state index in [1.54, 1.807) is 7.05 Å². The van der Waals surface area contributed by atoms with Gasteiger partial charge in [0, 0.05) is 30.6 Å². The summed E-state index contributed by atoms with van der Waals surface area (Å²) in [5.74, 6) is 0.213. The molecule has 0 aliphatic heterocycles. The minimum absolute atomic E-state index is 0. The number of Topliss-reactive ketones (excluding diaryl/α,β-unsaturated/α-hetero) is 1. The summed E-state index contributed by atoms with van der Waals surface area (Å²) in [6.45, 7) is 5.89. The van der Waals surface area contributed by atoms with Gasteiger partial charge in [-0.3, -0.25) is 0 Å². The Kier molecular flexibility index (Phi) is 10.7. The Labute approximate surface area is 170 Å². The van der Waals surface area contributed by atoms with E-state index in [1.165, 1.54) is 16.5 Å².